The van der Waals surface area contributed by atoms with E-state index in [0.717, 1.165) is 12.4 Å². The van der Waals surface area contributed by atoms with E-state index in [4.69, 9.17) is 21.1 Å². The van der Waals surface area contributed by atoms with Gasteiger partial charge in [-0.3, -0.25) is 0 Å². The van der Waals surface area contributed by atoms with Gasteiger partial charge in [0.05, 0.1) is 31.0 Å². The Labute approximate surface area is 135 Å². The molecule has 6 nitrogen and oxygen atoms in total. The fraction of sp³-hybridized carbons (Fsp3) is 0.667. The lowest BCUT2D eigenvalue weighted by molar-refractivity contribution is 0.0663. The first-order chi connectivity index (χ1) is 10.6. The number of rotatable bonds is 2. The van der Waals surface area contributed by atoms with E-state index in [1.165, 1.54) is 0 Å². The van der Waals surface area contributed by atoms with Gasteiger partial charge in [0.1, 0.15) is 11.2 Å². The first-order valence-corrected chi connectivity index (χ1v) is 7.91. The average molecular weight is 323 g/mol. The number of hydrogen-bond acceptors (Lipinski definition) is 6. The van der Waals surface area contributed by atoms with Crippen LogP contribution in [0.3, 0.4) is 0 Å². The smallest absolute Gasteiger partial charge is 0.224 e. The summed E-state index contributed by atoms with van der Waals surface area (Å²) in [4.78, 5) is 10.8. The molecule has 3 rings (SSSR count). The molecule has 0 N–H and O–H groups in total. The monoisotopic (exact) mass is 322 g/mol. The van der Waals surface area contributed by atoms with Crippen LogP contribution in [0.5, 0.6) is 0 Å². The molecule has 0 radical (unpaired) electrons. The normalized spacial score (nSPS) is 24.8. The number of ether oxygens (including phenoxy) is 2. The number of nitriles is 1. The molecule has 0 saturated carbocycles. The van der Waals surface area contributed by atoms with E-state index >= 15 is 0 Å². The third-order valence-corrected chi connectivity index (χ3v) is 4.57. The molecule has 0 amide bonds. The van der Waals surface area contributed by atoms with E-state index < -0.39 is 5.41 Å². The summed E-state index contributed by atoms with van der Waals surface area (Å²) < 4.78 is 10.9. The van der Waals surface area contributed by atoms with Crippen LogP contribution in [0, 0.1) is 11.3 Å². The molecular formula is C15H19ClN4O2. The second kappa shape index (κ2) is 6.37. The highest BCUT2D eigenvalue weighted by molar-refractivity contribution is 6.28. The number of morpholine rings is 1. The Bertz CT molecular complexity index is 583. The molecule has 7 heteroatoms. The zero-order valence-electron chi connectivity index (χ0n) is 12.6. The van der Waals surface area contributed by atoms with E-state index in [2.05, 4.69) is 27.9 Å². The summed E-state index contributed by atoms with van der Waals surface area (Å²) in [6.07, 6.45) is 1.27. The summed E-state index contributed by atoms with van der Waals surface area (Å²) in [6.45, 7) is 5.31. The van der Waals surface area contributed by atoms with Crippen molar-refractivity contribution < 1.29 is 9.47 Å². The van der Waals surface area contributed by atoms with Crippen LogP contribution in [0.4, 0.5) is 5.82 Å². The highest BCUT2D eigenvalue weighted by Gasteiger charge is 2.37. The molecule has 22 heavy (non-hydrogen) atoms. The van der Waals surface area contributed by atoms with Crippen LogP contribution < -0.4 is 4.90 Å². The van der Waals surface area contributed by atoms with Crippen molar-refractivity contribution in [1.82, 2.24) is 9.97 Å². The van der Waals surface area contributed by atoms with E-state index in [-0.39, 0.29) is 11.3 Å². The first-order valence-electron chi connectivity index (χ1n) is 7.53. The molecule has 118 valence electrons. The van der Waals surface area contributed by atoms with Gasteiger partial charge in [-0.05, 0) is 31.4 Å². The highest BCUT2D eigenvalue weighted by atomic mass is 35.5. The van der Waals surface area contributed by atoms with E-state index in [0.29, 0.717) is 45.0 Å². The summed E-state index contributed by atoms with van der Waals surface area (Å²) >= 11 is 6.13. The quantitative estimate of drug-likeness (QED) is 0.775. The van der Waals surface area contributed by atoms with Crippen molar-refractivity contribution in [2.45, 2.75) is 31.2 Å². The lowest BCUT2D eigenvalue weighted by Crippen LogP contribution is -2.44. The lowest BCUT2D eigenvalue weighted by atomic mass is 9.78. The number of hydrogen-bond donors (Lipinski definition) is 0. The second-order valence-electron chi connectivity index (χ2n) is 5.80. The van der Waals surface area contributed by atoms with Gasteiger partial charge in [-0.2, -0.15) is 5.26 Å². The maximum Gasteiger partial charge on any atom is 0.224 e. The van der Waals surface area contributed by atoms with Crippen LogP contribution in [0.25, 0.3) is 0 Å². The number of nitrogens with zero attached hydrogens (tertiary/aromatic N) is 4. The molecule has 2 saturated heterocycles. The third kappa shape index (κ3) is 2.89. The Balaban J connectivity index is 1.97. The van der Waals surface area contributed by atoms with Crippen LogP contribution in [0.1, 0.15) is 25.5 Å². The van der Waals surface area contributed by atoms with Gasteiger partial charge in [-0.15, -0.1) is 0 Å². The zero-order chi connectivity index (χ0) is 15.6. The number of anilines is 1. The maximum absolute atomic E-state index is 9.70. The summed E-state index contributed by atoms with van der Waals surface area (Å²) in [7, 11) is 0. The van der Waals surface area contributed by atoms with Crippen molar-refractivity contribution in [2.24, 2.45) is 0 Å². The van der Waals surface area contributed by atoms with Crippen molar-refractivity contribution >= 4 is 17.4 Å². The summed E-state index contributed by atoms with van der Waals surface area (Å²) in [5.74, 6) is 0.770. The molecule has 1 aromatic heterocycles. The zero-order valence-corrected chi connectivity index (χ0v) is 13.3. The van der Waals surface area contributed by atoms with Gasteiger partial charge < -0.3 is 14.4 Å². The fourth-order valence-electron chi connectivity index (χ4n) is 3.01. The Hall–Kier alpha value is -1.42. The molecule has 0 aromatic carbocycles. The Morgan fingerprint density at radius 2 is 2.09 bits per heavy atom. The van der Waals surface area contributed by atoms with E-state index in [1.807, 2.05) is 6.07 Å². The minimum absolute atomic E-state index is 0.187. The third-order valence-electron chi connectivity index (χ3n) is 4.40. The van der Waals surface area contributed by atoms with Gasteiger partial charge in [0.25, 0.3) is 0 Å². The predicted octanol–water partition coefficient (Wildman–Crippen LogP) is 1.93. The lowest BCUT2D eigenvalue weighted by Gasteiger charge is -2.35. The van der Waals surface area contributed by atoms with E-state index in [1.54, 1.807) is 0 Å². The van der Waals surface area contributed by atoms with Crippen molar-refractivity contribution in [3.8, 4) is 6.07 Å². The minimum Gasteiger partial charge on any atom is -0.381 e. The molecule has 2 aliphatic heterocycles. The first kappa shape index (κ1) is 15.5. The van der Waals surface area contributed by atoms with Crippen molar-refractivity contribution in [2.75, 3.05) is 37.9 Å². The Morgan fingerprint density at radius 3 is 2.77 bits per heavy atom. The topological polar surface area (TPSA) is 71.3 Å². The average Bonchev–Trinajstić information content (AvgIpc) is 2.55. The molecule has 3 heterocycles. The molecule has 1 unspecified atom stereocenters. The Morgan fingerprint density at radius 1 is 1.32 bits per heavy atom. The van der Waals surface area contributed by atoms with Gasteiger partial charge in [-0.25, -0.2) is 9.97 Å². The SMILES string of the molecule is CC1COCCN1c1cc(C2(C#N)CCOCC2)nc(Cl)n1. The second-order valence-corrected chi connectivity index (χ2v) is 6.14. The van der Waals surface area contributed by atoms with Crippen LogP contribution in [0.2, 0.25) is 5.28 Å². The predicted molar refractivity (Wildman–Crippen MR) is 82.0 cm³/mol. The van der Waals surface area contributed by atoms with Crippen molar-refractivity contribution in [3.05, 3.63) is 17.0 Å². The molecule has 1 atom stereocenters. The van der Waals surface area contributed by atoms with Crippen molar-refractivity contribution in [3.63, 3.8) is 0 Å². The minimum atomic E-state index is -0.630. The van der Waals surface area contributed by atoms with E-state index in [9.17, 15) is 5.26 Å². The van der Waals surface area contributed by atoms with Crippen LogP contribution in [-0.2, 0) is 14.9 Å². The largest absolute Gasteiger partial charge is 0.381 e. The Kier molecular flexibility index (Phi) is 4.48. The van der Waals surface area contributed by atoms with Crippen molar-refractivity contribution in [1.29, 1.82) is 5.26 Å². The molecule has 2 fully saturated rings. The van der Waals surface area contributed by atoms with Crippen LogP contribution >= 0.6 is 11.6 Å². The summed E-state index contributed by atoms with van der Waals surface area (Å²) in [5.41, 5.74) is 0.0711. The standard InChI is InChI=1S/C15H19ClN4O2/c1-11-9-22-7-4-20(11)13-8-12(18-14(16)19-13)15(10-17)2-5-21-6-3-15/h8,11H,2-7,9H2,1H3. The molecule has 2 aliphatic rings. The van der Waals surface area contributed by atoms with Crippen LogP contribution in [-0.4, -0.2) is 49.0 Å². The summed E-state index contributed by atoms with van der Waals surface area (Å²) in [6, 6.07) is 4.56. The van der Waals surface area contributed by atoms with Gasteiger partial charge >= 0.3 is 0 Å². The fourth-order valence-corrected chi connectivity index (χ4v) is 3.19. The maximum atomic E-state index is 9.70. The number of aromatic nitrogens is 2. The van der Waals surface area contributed by atoms with Gasteiger partial charge in [-0.1, -0.05) is 0 Å². The molecule has 1 aromatic rings. The summed E-state index contributed by atoms with van der Waals surface area (Å²) in [5, 5.41) is 9.88. The van der Waals surface area contributed by atoms with Gasteiger partial charge in [0.2, 0.25) is 5.28 Å². The number of halogens is 1. The highest BCUT2D eigenvalue weighted by Crippen LogP contribution is 2.35. The van der Waals surface area contributed by atoms with Gasteiger partial charge in [0, 0.05) is 25.8 Å². The molecular weight excluding hydrogens is 304 g/mol. The molecule has 0 aliphatic carbocycles. The van der Waals surface area contributed by atoms with Gasteiger partial charge in [0.15, 0.2) is 0 Å². The molecule has 0 spiro atoms. The molecule has 0 bridgehead atoms. The van der Waals surface area contributed by atoms with Crippen LogP contribution in [0.15, 0.2) is 6.07 Å².